The monoisotopic (exact) mass is 424 g/mol. The first-order chi connectivity index (χ1) is 13.8. The molecule has 3 amide bonds. The molecule has 0 aliphatic carbocycles. The van der Waals surface area contributed by atoms with Crippen molar-refractivity contribution in [1.29, 1.82) is 0 Å². The minimum Gasteiger partial charge on any atom is -0.323 e. The van der Waals surface area contributed by atoms with Crippen molar-refractivity contribution < 1.29 is 22.4 Å². The predicted octanol–water partition coefficient (Wildman–Crippen LogP) is 0.999. The van der Waals surface area contributed by atoms with E-state index in [9.17, 15) is 22.4 Å². The first-order valence-electron chi connectivity index (χ1n) is 9.94. The molecule has 3 aliphatic heterocycles. The van der Waals surface area contributed by atoms with Crippen LogP contribution < -0.4 is 10.6 Å². The number of benzene rings is 1. The lowest BCUT2D eigenvalue weighted by atomic mass is 9.74. The van der Waals surface area contributed by atoms with Crippen LogP contribution >= 0.6 is 0 Å². The highest BCUT2D eigenvalue weighted by molar-refractivity contribution is 7.86. The Labute approximate surface area is 169 Å². The Kier molecular flexibility index (Phi) is 5.34. The highest BCUT2D eigenvalue weighted by atomic mass is 32.2. The van der Waals surface area contributed by atoms with Gasteiger partial charge in [0.2, 0.25) is 0 Å². The van der Waals surface area contributed by atoms with Crippen LogP contribution in [0.1, 0.15) is 31.2 Å². The largest absolute Gasteiger partial charge is 0.323 e. The van der Waals surface area contributed by atoms with Gasteiger partial charge in [-0.1, -0.05) is 12.1 Å². The summed E-state index contributed by atoms with van der Waals surface area (Å²) in [6.07, 6.45) is 2.91. The van der Waals surface area contributed by atoms with E-state index in [2.05, 4.69) is 10.6 Å². The number of hydrogen-bond donors (Lipinski definition) is 2. The summed E-state index contributed by atoms with van der Waals surface area (Å²) in [4.78, 5) is 24.7. The quantitative estimate of drug-likeness (QED) is 0.689. The number of amides is 3. The van der Waals surface area contributed by atoms with Crippen molar-refractivity contribution in [3.05, 3.63) is 35.6 Å². The molecule has 0 saturated carbocycles. The van der Waals surface area contributed by atoms with Crippen molar-refractivity contribution in [2.75, 3.05) is 26.2 Å². The average Bonchev–Trinajstić information content (AvgIpc) is 3.33. The number of imide groups is 1. The SMILES string of the molecule is O=C1NC(=O)[C@@](Cc2ccc(F)cc2)(C2CCN(S(=O)(=O)N3CCCC3)CC2)N1. The van der Waals surface area contributed by atoms with Gasteiger partial charge < -0.3 is 5.32 Å². The Morgan fingerprint density at radius 2 is 1.59 bits per heavy atom. The number of nitrogens with one attached hydrogen (secondary N) is 2. The van der Waals surface area contributed by atoms with E-state index in [1.807, 2.05) is 0 Å². The molecule has 29 heavy (non-hydrogen) atoms. The second-order valence-electron chi connectivity index (χ2n) is 7.97. The van der Waals surface area contributed by atoms with Gasteiger partial charge in [-0.15, -0.1) is 0 Å². The number of piperidine rings is 1. The Bertz CT molecular complexity index is 893. The molecule has 3 heterocycles. The van der Waals surface area contributed by atoms with Crippen molar-refractivity contribution in [3.63, 3.8) is 0 Å². The van der Waals surface area contributed by atoms with Crippen LogP contribution in [0.15, 0.2) is 24.3 Å². The third-order valence-electron chi connectivity index (χ3n) is 6.23. The van der Waals surface area contributed by atoms with Gasteiger partial charge in [0.1, 0.15) is 11.4 Å². The predicted molar refractivity (Wildman–Crippen MR) is 104 cm³/mol. The minimum absolute atomic E-state index is 0.218. The van der Waals surface area contributed by atoms with Crippen molar-refractivity contribution >= 4 is 22.1 Å². The lowest BCUT2D eigenvalue weighted by Gasteiger charge is -2.41. The molecule has 2 N–H and O–H groups in total. The molecule has 3 aliphatic rings. The molecule has 1 aromatic carbocycles. The first kappa shape index (κ1) is 20.2. The number of halogens is 1. The van der Waals surface area contributed by atoms with Crippen LogP contribution in [0.25, 0.3) is 0 Å². The van der Waals surface area contributed by atoms with E-state index in [1.54, 1.807) is 12.1 Å². The smallest absolute Gasteiger partial charge is 0.322 e. The van der Waals surface area contributed by atoms with E-state index in [1.165, 1.54) is 20.7 Å². The van der Waals surface area contributed by atoms with Gasteiger partial charge in [-0.25, -0.2) is 9.18 Å². The maximum absolute atomic E-state index is 13.3. The first-order valence-corrected chi connectivity index (χ1v) is 11.3. The van der Waals surface area contributed by atoms with Crippen LogP contribution in [0.4, 0.5) is 9.18 Å². The number of nitrogens with zero attached hydrogens (tertiary/aromatic N) is 2. The van der Waals surface area contributed by atoms with Gasteiger partial charge in [-0.05, 0) is 49.3 Å². The van der Waals surface area contributed by atoms with Gasteiger partial charge in [-0.2, -0.15) is 17.0 Å². The van der Waals surface area contributed by atoms with Gasteiger partial charge in [0, 0.05) is 32.6 Å². The topological polar surface area (TPSA) is 98.8 Å². The van der Waals surface area contributed by atoms with Gasteiger partial charge in [-0.3, -0.25) is 10.1 Å². The number of hydrogen-bond acceptors (Lipinski definition) is 4. The summed E-state index contributed by atoms with van der Waals surface area (Å²) in [5.41, 5.74) is -0.422. The van der Waals surface area contributed by atoms with E-state index in [0.29, 0.717) is 39.0 Å². The lowest BCUT2D eigenvalue weighted by Crippen LogP contribution is -2.58. The van der Waals surface area contributed by atoms with Gasteiger partial charge >= 0.3 is 6.03 Å². The standard InChI is InChI=1S/C19H25FN4O4S/c20-16-5-3-14(4-6-16)13-19(17(25)21-18(26)22-19)15-7-11-24(12-8-15)29(27,28)23-9-1-2-10-23/h3-6,15H,1-2,7-13H2,(H2,21,22,25,26)/t19-/m1/s1. The van der Waals surface area contributed by atoms with Crippen molar-refractivity contribution in [2.24, 2.45) is 5.92 Å². The maximum Gasteiger partial charge on any atom is 0.322 e. The van der Waals surface area contributed by atoms with E-state index in [-0.39, 0.29) is 18.2 Å². The molecule has 0 aromatic heterocycles. The summed E-state index contributed by atoms with van der Waals surface area (Å²) in [5, 5.41) is 5.11. The van der Waals surface area contributed by atoms with Gasteiger partial charge in [0.15, 0.2) is 0 Å². The molecule has 158 valence electrons. The zero-order valence-corrected chi connectivity index (χ0v) is 16.9. The molecule has 10 heteroatoms. The molecule has 0 unspecified atom stereocenters. The van der Waals surface area contributed by atoms with Crippen LogP contribution in [0.5, 0.6) is 0 Å². The molecule has 0 spiro atoms. The summed E-state index contributed by atoms with van der Waals surface area (Å²) in [5.74, 6) is -1.00. The fourth-order valence-electron chi connectivity index (χ4n) is 4.65. The molecule has 3 saturated heterocycles. The molecular weight excluding hydrogens is 399 g/mol. The number of urea groups is 1. The Balaban J connectivity index is 1.52. The second-order valence-corrected chi connectivity index (χ2v) is 9.90. The fraction of sp³-hybridized carbons (Fsp3) is 0.579. The Morgan fingerprint density at radius 1 is 1.00 bits per heavy atom. The van der Waals surface area contributed by atoms with E-state index >= 15 is 0 Å². The van der Waals surface area contributed by atoms with Crippen molar-refractivity contribution in [2.45, 2.75) is 37.6 Å². The third kappa shape index (κ3) is 3.76. The summed E-state index contributed by atoms with van der Waals surface area (Å²) in [7, 11) is -3.48. The zero-order valence-electron chi connectivity index (χ0n) is 16.1. The van der Waals surface area contributed by atoms with Gasteiger partial charge in [0.25, 0.3) is 16.1 Å². The molecule has 8 nitrogen and oxygen atoms in total. The van der Waals surface area contributed by atoms with Gasteiger partial charge in [0.05, 0.1) is 0 Å². The molecule has 4 rings (SSSR count). The third-order valence-corrected chi connectivity index (χ3v) is 8.27. The molecule has 3 fully saturated rings. The Morgan fingerprint density at radius 3 is 2.14 bits per heavy atom. The second kappa shape index (κ2) is 7.66. The minimum atomic E-state index is -3.48. The summed E-state index contributed by atoms with van der Waals surface area (Å²) in [6.45, 7) is 1.71. The number of rotatable bonds is 5. The van der Waals surface area contributed by atoms with Crippen LogP contribution in [0.2, 0.25) is 0 Å². The van der Waals surface area contributed by atoms with Crippen molar-refractivity contribution in [3.8, 4) is 0 Å². The fourth-order valence-corrected chi connectivity index (χ4v) is 6.37. The number of carbonyl (C=O) groups is 2. The van der Waals surface area contributed by atoms with E-state index in [4.69, 9.17) is 0 Å². The Hall–Kier alpha value is -2.04. The molecule has 1 atom stereocenters. The van der Waals surface area contributed by atoms with Crippen LogP contribution in [-0.4, -0.2) is 60.7 Å². The zero-order chi connectivity index (χ0) is 20.6. The average molecular weight is 424 g/mol. The van der Waals surface area contributed by atoms with E-state index < -0.39 is 27.7 Å². The summed E-state index contributed by atoms with van der Waals surface area (Å²) in [6, 6.07) is 5.29. The lowest BCUT2D eigenvalue weighted by molar-refractivity contribution is -0.126. The molecule has 1 aromatic rings. The highest BCUT2D eigenvalue weighted by Crippen LogP contribution is 2.35. The molecular formula is C19H25FN4O4S. The van der Waals surface area contributed by atoms with Crippen LogP contribution in [0.3, 0.4) is 0 Å². The van der Waals surface area contributed by atoms with Crippen molar-refractivity contribution in [1.82, 2.24) is 19.2 Å². The van der Waals surface area contributed by atoms with Crippen LogP contribution in [-0.2, 0) is 21.4 Å². The molecule has 0 bridgehead atoms. The van der Waals surface area contributed by atoms with E-state index in [0.717, 1.165) is 18.4 Å². The highest BCUT2D eigenvalue weighted by Gasteiger charge is 2.53. The summed E-state index contributed by atoms with van der Waals surface area (Å²) >= 11 is 0. The molecule has 0 radical (unpaired) electrons. The normalized spacial score (nSPS) is 27.2. The van der Waals surface area contributed by atoms with Crippen LogP contribution in [0, 0.1) is 11.7 Å². The number of carbonyl (C=O) groups excluding carboxylic acids is 2. The maximum atomic E-state index is 13.3. The summed E-state index contributed by atoms with van der Waals surface area (Å²) < 4.78 is 41.9.